The van der Waals surface area contributed by atoms with Crippen molar-refractivity contribution in [1.82, 2.24) is 14.5 Å². The number of alkyl halides is 1. The van der Waals surface area contributed by atoms with Crippen LogP contribution in [0.15, 0.2) is 31.2 Å². The lowest BCUT2D eigenvalue weighted by atomic mass is 9.85. The van der Waals surface area contributed by atoms with Gasteiger partial charge in [-0.25, -0.2) is 9.97 Å². The minimum Gasteiger partial charge on any atom is -0.383 e. The summed E-state index contributed by atoms with van der Waals surface area (Å²) < 4.78 is 28.1. The molecule has 1 saturated carbocycles. The van der Waals surface area contributed by atoms with E-state index in [1.807, 2.05) is 30.7 Å². The van der Waals surface area contributed by atoms with E-state index in [-0.39, 0.29) is 18.2 Å². The van der Waals surface area contributed by atoms with E-state index in [1.165, 1.54) is 6.33 Å². The molecule has 2 aromatic rings. The molecule has 3 heterocycles. The number of aromatic nitrogens is 3. The zero-order valence-electron chi connectivity index (χ0n) is 13.8. The number of fused-ring (bicyclic) bond motifs is 2. The van der Waals surface area contributed by atoms with Crippen molar-refractivity contribution in [3.63, 3.8) is 0 Å². The molecule has 1 aliphatic heterocycles. The molecule has 2 aliphatic rings. The number of nitrogen functional groups attached to an aromatic ring is 1. The lowest BCUT2D eigenvalue weighted by molar-refractivity contribution is -0.166. The maximum Gasteiger partial charge on any atom is 0.163 e. The van der Waals surface area contributed by atoms with Gasteiger partial charge in [-0.3, -0.25) is 4.39 Å². The molecule has 0 aromatic carbocycles. The van der Waals surface area contributed by atoms with Gasteiger partial charge < -0.3 is 19.8 Å². The average Bonchev–Trinajstić information content (AvgIpc) is 3.18. The Bertz CT molecular complexity index is 805. The van der Waals surface area contributed by atoms with Crippen molar-refractivity contribution in [2.45, 2.75) is 44.3 Å². The van der Waals surface area contributed by atoms with Gasteiger partial charge >= 0.3 is 0 Å². The maximum absolute atomic E-state index is 14.0. The van der Waals surface area contributed by atoms with Gasteiger partial charge in [-0.05, 0) is 26.3 Å². The largest absolute Gasteiger partial charge is 0.383 e. The van der Waals surface area contributed by atoms with Crippen molar-refractivity contribution < 1.29 is 13.9 Å². The normalized spacial score (nSPS) is 34.5. The van der Waals surface area contributed by atoms with Gasteiger partial charge in [-0.1, -0.05) is 6.08 Å². The van der Waals surface area contributed by atoms with Crippen LogP contribution in [-0.4, -0.2) is 39.2 Å². The Balaban J connectivity index is 1.83. The van der Waals surface area contributed by atoms with E-state index in [0.29, 0.717) is 12.2 Å². The Morgan fingerprint density at radius 1 is 1.46 bits per heavy atom. The Kier molecular flexibility index (Phi) is 3.24. The summed E-state index contributed by atoms with van der Waals surface area (Å²) in [5, 5.41) is 0.781. The minimum absolute atomic E-state index is 0.114. The standard InChI is InChI=1S/C17H21FN4O2/c1-4-17(8-18)7-11(12-13(17)24-16(2,3)23-12)22-6-5-10-14(19)20-9-21-15(10)22/h4-6,9,11-13H,1,7-8H2,2-3H3,(H2,19,20,21)/t11-,12+,13+,17+/m1/s1. The number of nitrogens with two attached hydrogens (primary N) is 1. The highest BCUT2D eigenvalue weighted by molar-refractivity contribution is 5.86. The number of ether oxygens (including phenoxy) is 2. The van der Waals surface area contributed by atoms with Crippen molar-refractivity contribution in [1.29, 1.82) is 0 Å². The van der Waals surface area contributed by atoms with Crippen LogP contribution in [0, 0.1) is 5.41 Å². The van der Waals surface area contributed by atoms with Crippen LogP contribution < -0.4 is 5.73 Å². The van der Waals surface area contributed by atoms with Crippen LogP contribution in [0.3, 0.4) is 0 Å². The number of halogens is 1. The monoisotopic (exact) mass is 332 g/mol. The fourth-order valence-corrected chi connectivity index (χ4v) is 4.04. The maximum atomic E-state index is 14.0. The molecule has 128 valence electrons. The van der Waals surface area contributed by atoms with Crippen LogP contribution in [0.2, 0.25) is 0 Å². The Morgan fingerprint density at radius 2 is 2.25 bits per heavy atom. The third-order valence-electron chi connectivity index (χ3n) is 5.22. The van der Waals surface area contributed by atoms with Crippen molar-refractivity contribution in [2.75, 3.05) is 12.4 Å². The molecule has 0 bridgehead atoms. The summed E-state index contributed by atoms with van der Waals surface area (Å²) in [6.07, 6.45) is 4.89. The molecule has 0 unspecified atom stereocenters. The molecule has 1 aliphatic carbocycles. The van der Waals surface area contributed by atoms with Crippen molar-refractivity contribution in [2.24, 2.45) is 5.41 Å². The van der Waals surface area contributed by atoms with Gasteiger partial charge in [0.25, 0.3) is 0 Å². The molecular weight excluding hydrogens is 311 g/mol. The van der Waals surface area contributed by atoms with Gasteiger partial charge in [-0.2, -0.15) is 0 Å². The second-order valence-electron chi connectivity index (χ2n) is 7.08. The van der Waals surface area contributed by atoms with Gasteiger partial charge in [0.15, 0.2) is 5.79 Å². The fourth-order valence-electron chi connectivity index (χ4n) is 4.04. The molecule has 0 radical (unpaired) electrons. The summed E-state index contributed by atoms with van der Waals surface area (Å²) in [6.45, 7) is 7.02. The summed E-state index contributed by atoms with van der Waals surface area (Å²) >= 11 is 0. The summed E-state index contributed by atoms with van der Waals surface area (Å²) in [7, 11) is 0. The van der Waals surface area contributed by atoms with Gasteiger partial charge in [0.2, 0.25) is 0 Å². The lowest BCUT2D eigenvalue weighted by Gasteiger charge is -2.29. The smallest absolute Gasteiger partial charge is 0.163 e. The second kappa shape index (κ2) is 5.00. The van der Waals surface area contributed by atoms with Crippen LogP contribution >= 0.6 is 0 Å². The van der Waals surface area contributed by atoms with Crippen molar-refractivity contribution >= 4 is 16.9 Å². The van der Waals surface area contributed by atoms with Gasteiger partial charge in [-0.15, -0.1) is 6.58 Å². The predicted molar refractivity (Wildman–Crippen MR) is 88.0 cm³/mol. The second-order valence-corrected chi connectivity index (χ2v) is 7.08. The van der Waals surface area contributed by atoms with Gasteiger partial charge in [0.05, 0.1) is 11.4 Å². The third-order valence-corrected chi connectivity index (χ3v) is 5.22. The summed E-state index contributed by atoms with van der Waals surface area (Å²) in [6, 6.07) is 1.77. The molecule has 0 spiro atoms. The van der Waals surface area contributed by atoms with Crippen LogP contribution in [0.4, 0.5) is 10.2 Å². The number of anilines is 1. The summed E-state index contributed by atoms with van der Waals surface area (Å²) in [5.74, 6) is -0.327. The van der Waals surface area contributed by atoms with E-state index in [0.717, 1.165) is 11.0 Å². The molecule has 4 rings (SSSR count). The zero-order valence-corrected chi connectivity index (χ0v) is 13.8. The average molecular weight is 332 g/mol. The summed E-state index contributed by atoms with van der Waals surface area (Å²) in [5.41, 5.74) is 5.88. The Hall–Kier alpha value is -1.99. The molecule has 4 atom stereocenters. The highest BCUT2D eigenvalue weighted by Crippen LogP contribution is 2.54. The topological polar surface area (TPSA) is 75.2 Å². The molecule has 7 heteroatoms. The zero-order chi connectivity index (χ0) is 17.1. The first-order chi connectivity index (χ1) is 11.4. The van der Waals surface area contributed by atoms with E-state index >= 15 is 0 Å². The third kappa shape index (κ3) is 2.01. The van der Waals surface area contributed by atoms with Gasteiger partial charge in [0, 0.05) is 11.6 Å². The minimum atomic E-state index is -0.766. The Labute approximate surface area is 139 Å². The van der Waals surface area contributed by atoms with Gasteiger partial charge in [0.1, 0.15) is 36.7 Å². The molecular formula is C17H21FN4O2. The predicted octanol–water partition coefficient (Wildman–Crippen LogP) is 2.62. The summed E-state index contributed by atoms with van der Waals surface area (Å²) in [4.78, 5) is 8.37. The quantitative estimate of drug-likeness (QED) is 0.875. The number of rotatable bonds is 3. The molecule has 2 N–H and O–H groups in total. The number of hydrogen-bond donors (Lipinski definition) is 1. The SMILES string of the molecule is C=C[C@@]1(CF)C[C@@H](n2ccc3c(N)ncnc32)[C@@H]2OC(C)(C)O[C@@H]21. The molecule has 24 heavy (non-hydrogen) atoms. The molecule has 2 fully saturated rings. The number of hydrogen-bond acceptors (Lipinski definition) is 5. The fraction of sp³-hybridized carbons (Fsp3) is 0.529. The first-order valence-electron chi connectivity index (χ1n) is 8.03. The highest BCUT2D eigenvalue weighted by Gasteiger charge is 2.61. The van der Waals surface area contributed by atoms with E-state index < -0.39 is 17.9 Å². The van der Waals surface area contributed by atoms with Crippen molar-refractivity contribution in [3.8, 4) is 0 Å². The first kappa shape index (κ1) is 15.5. The molecule has 0 amide bonds. The van der Waals surface area contributed by atoms with E-state index in [9.17, 15) is 4.39 Å². The lowest BCUT2D eigenvalue weighted by Crippen LogP contribution is -2.35. The van der Waals surface area contributed by atoms with Crippen LogP contribution in [0.25, 0.3) is 11.0 Å². The van der Waals surface area contributed by atoms with E-state index in [1.54, 1.807) is 6.08 Å². The van der Waals surface area contributed by atoms with Crippen LogP contribution in [-0.2, 0) is 9.47 Å². The van der Waals surface area contributed by atoms with Crippen molar-refractivity contribution in [3.05, 3.63) is 31.2 Å². The molecule has 6 nitrogen and oxygen atoms in total. The highest BCUT2D eigenvalue weighted by atomic mass is 19.1. The van der Waals surface area contributed by atoms with Crippen LogP contribution in [0.5, 0.6) is 0 Å². The van der Waals surface area contributed by atoms with E-state index in [4.69, 9.17) is 15.2 Å². The molecule has 2 aromatic heterocycles. The molecule has 1 saturated heterocycles. The van der Waals surface area contributed by atoms with E-state index in [2.05, 4.69) is 16.5 Å². The number of nitrogens with zero attached hydrogens (tertiary/aromatic N) is 3. The Morgan fingerprint density at radius 3 is 2.96 bits per heavy atom. The van der Waals surface area contributed by atoms with Crippen LogP contribution in [0.1, 0.15) is 26.3 Å². The first-order valence-corrected chi connectivity index (χ1v) is 8.03.